The molecule has 1 saturated carbocycles. The van der Waals surface area contributed by atoms with Crippen molar-refractivity contribution in [2.45, 2.75) is 19.3 Å². The average molecular weight is 156 g/mol. The van der Waals surface area contributed by atoms with Crippen molar-refractivity contribution in [2.75, 3.05) is 0 Å². The molecule has 3 rings (SSSR count). The second kappa shape index (κ2) is 2.01. The quantitative estimate of drug-likeness (QED) is 0.541. The summed E-state index contributed by atoms with van der Waals surface area (Å²) in [5.74, 6) is 0. The van der Waals surface area contributed by atoms with Crippen molar-refractivity contribution in [2.24, 2.45) is 5.41 Å². The number of hydrogen-bond donors (Lipinski definition) is 0. The fourth-order valence-electron chi connectivity index (χ4n) is 2.07. The Labute approximate surface area is 72.9 Å². The molecule has 0 bridgehead atoms. The van der Waals surface area contributed by atoms with Gasteiger partial charge in [0.25, 0.3) is 0 Å². The van der Waals surface area contributed by atoms with Crippen molar-refractivity contribution in [1.82, 2.24) is 0 Å². The van der Waals surface area contributed by atoms with Gasteiger partial charge in [0.05, 0.1) is 0 Å². The van der Waals surface area contributed by atoms with Crippen LogP contribution in [0.3, 0.4) is 0 Å². The maximum absolute atomic E-state index is 2.41. The Morgan fingerprint density at radius 3 is 2.75 bits per heavy atom. The third-order valence-electron chi connectivity index (χ3n) is 3.11. The lowest BCUT2D eigenvalue weighted by atomic mass is 9.87. The first-order valence-electron chi connectivity index (χ1n) is 4.65. The van der Waals surface area contributed by atoms with Gasteiger partial charge in [0.1, 0.15) is 0 Å². The Morgan fingerprint density at radius 2 is 1.92 bits per heavy atom. The molecule has 0 heterocycles. The van der Waals surface area contributed by atoms with Crippen molar-refractivity contribution in [3.63, 3.8) is 0 Å². The highest BCUT2D eigenvalue weighted by Gasteiger charge is 2.41. The summed E-state index contributed by atoms with van der Waals surface area (Å²) in [4.78, 5) is 0. The van der Waals surface area contributed by atoms with Crippen LogP contribution in [0, 0.1) is 5.41 Å². The number of hydrogen-bond acceptors (Lipinski definition) is 0. The highest BCUT2D eigenvalue weighted by atomic mass is 14.5. The molecule has 1 aromatic rings. The van der Waals surface area contributed by atoms with E-state index in [2.05, 4.69) is 36.4 Å². The van der Waals surface area contributed by atoms with E-state index < -0.39 is 0 Å². The van der Waals surface area contributed by atoms with Crippen LogP contribution in [-0.2, 0) is 6.42 Å². The van der Waals surface area contributed by atoms with Crippen LogP contribution < -0.4 is 0 Å². The van der Waals surface area contributed by atoms with Gasteiger partial charge in [0.15, 0.2) is 0 Å². The van der Waals surface area contributed by atoms with Crippen molar-refractivity contribution in [1.29, 1.82) is 0 Å². The summed E-state index contributed by atoms with van der Waals surface area (Å²) in [6, 6.07) is 8.74. The van der Waals surface area contributed by atoms with Gasteiger partial charge in [-0.3, -0.25) is 0 Å². The van der Waals surface area contributed by atoms with Gasteiger partial charge in [-0.2, -0.15) is 0 Å². The van der Waals surface area contributed by atoms with Gasteiger partial charge in [-0.15, -0.1) is 0 Å². The van der Waals surface area contributed by atoms with E-state index in [0.717, 1.165) is 0 Å². The largest absolute Gasteiger partial charge is 0.0774 e. The Morgan fingerprint density at radius 1 is 1.08 bits per heavy atom. The number of fused-ring (bicyclic) bond motifs is 1. The van der Waals surface area contributed by atoms with Crippen LogP contribution in [0.1, 0.15) is 24.0 Å². The van der Waals surface area contributed by atoms with Crippen LogP contribution in [0.2, 0.25) is 0 Å². The maximum Gasteiger partial charge on any atom is -0.00737 e. The highest BCUT2D eigenvalue weighted by molar-refractivity contribution is 5.58. The van der Waals surface area contributed by atoms with Gasteiger partial charge < -0.3 is 0 Å². The van der Waals surface area contributed by atoms with Crippen LogP contribution in [0.15, 0.2) is 30.3 Å². The molecule has 2 aliphatic carbocycles. The fraction of sp³-hybridized carbons (Fsp3) is 0.333. The van der Waals surface area contributed by atoms with Crippen molar-refractivity contribution < 1.29 is 0 Å². The van der Waals surface area contributed by atoms with Crippen LogP contribution in [0.4, 0.5) is 0 Å². The summed E-state index contributed by atoms with van der Waals surface area (Å²) in [7, 11) is 0. The Balaban J connectivity index is 2.10. The second-order valence-electron chi connectivity index (χ2n) is 4.07. The molecule has 0 nitrogen and oxygen atoms in total. The molecule has 0 atom stereocenters. The van der Waals surface area contributed by atoms with Gasteiger partial charge >= 0.3 is 0 Å². The minimum absolute atomic E-state index is 0.592. The number of allylic oxidation sites excluding steroid dienone is 1. The molecule has 0 N–H and O–H groups in total. The van der Waals surface area contributed by atoms with Gasteiger partial charge in [-0.25, -0.2) is 0 Å². The molecule has 0 aromatic heterocycles. The van der Waals surface area contributed by atoms with E-state index in [9.17, 15) is 0 Å². The number of benzene rings is 1. The van der Waals surface area contributed by atoms with Crippen LogP contribution in [0.5, 0.6) is 0 Å². The van der Waals surface area contributed by atoms with E-state index in [-0.39, 0.29) is 0 Å². The molecular weight excluding hydrogens is 144 g/mol. The average Bonchev–Trinajstić information content (AvgIpc) is 2.85. The fourth-order valence-corrected chi connectivity index (χ4v) is 2.07. The lowest BCUT2D eigenvalue weighted by molar-refractivity contribution is 0.643. The third-order valence-corrected chi connectivity index (χ3v) is 3.11. The van der Waals surface area contributed by atoms with Crippen LogP contribution in [0.25, 0.3) is 6.08 Å². The maximum atomic E-state index is 2.41. The minimum Gasteiger partial charge on any atom is -0.0774 e. The van der Waals surface area contributed by atoms with Gasteiger partial charge in [0, 0.05) is 0 Å². The van der Waals surface area contributed by atoms with Crippen molar-refractivity contribution >= 4 is 6.08 Å². The Kier molecular flexibility index (Phi) is 1.08. The molecule has 60 valence electrons. The van der Waals surface area contributed by atoms with Gasteiger partial charge in [0.2, 0.25) is 0 Å². The van der Waals surface area contributed by atoms with Gasteiger partial charge in [-0.05, 0) is 35.8 Å². The summed E-state index contributed by atoms with van der Waals surface area (Å²) in [5, 5.41) is 0. The van der Waals surface area contributed by atoms with Crippen LogP contribution in [-0.4, -0.2) is 0 Å². The lowest BCUT2D eigenvalue weighted by Crippen LogP contribution is -2.06. The smallest absolute Gasteiger partial charge is 0.00737 e. The minimum atomic E-state index is 0.592. The summed E-state index contributed by atoms with van der Waals surface area (Å²) < 4.78 is 0. The SMILES string of the molecule is C1=CC2(CC2)Cc2ccccc21. The normalized spacial score (nSPS) is 22.3. The first kappa shape index (κ1) is 6.47. The summed E-state index contributed by atoms with van der Waals surface area (Å²) >= 11 is 0. The summed E-state index contributed by atoms with van der Waals surface area (Å²) in [6.45, 7) is 0. The van der Waals surface area contributed by atoms with Gasteiger partial charge in [-0.1, -0.05) is 36.4 Å². The standard InChI is InChI=1S/C12H12/c1-2-4-11-9-12(7-8-12)6-5-10(11)3-1/h1-6H,7-9H2. The predicted octanol–water partition coefficient (Wildman–Crippen LogP) is 3.04. The van der Waals surface area contributed by atoms with E-state index in [1.807, 2.05) is 0 Å². The van der Waals surface area contributed by atoms with Crippen molar-refractivity contribution in [3.8, 4) is 0 Å². The van der Waals surface area contributed by atoms with Crippen molar-refractivity contribution in [3.05, 3.63) is 41.5 Å². The second-order valence-corrected chi connectivity index (χ2v) is 4.07. The molecule has 0 unspecified atom stereocenters. The van der Waals surface area contributed by atoms with E-state index >= 15 is 0 Å². The molecule has 1 fully saturated rings. The zero-order chi connectivity index (χ0) is 8.02. The van der Waals surface area contributed by atoms with E-state index in [1.165, 1.54) is 30.4 Å². The molecule has 0 amide bonds. The number of rotatable bonds is 0. The highest BCUT2D eigenvalue weighted by Crippen LogP contribution is 2.52. The molecule has 0 aliphatic heterocycles. The molecule has 12 heavy (non-hydrogen) atoms. The monoisotopic (exact) mass is 156 g/mol. The first-order valence-corrected chi connectivity index (χ1v) is 4.65. The zero-order valence-electron chi connectivity index (χ0n) is 7.09. The summed E-state index contributed by atoms with van der Waals surface area (Å²) in [5.41, 5.74) is 3.56. The molecule has 0 heteroatoms. The Bertz CT molecular complexity index is 343. The molecule has 1 spiro atoms. The van der Waals surface area contributed by atoms with E-state index in [0.29, 0.717) is 5.41 Å². The predicted molar refractivity (Wildman–Crippen MR) is 50.8 cm³/mol. The third kappa shape index (κ3) is 0.842. The Hall–Kier alpha value is -1.04. The first-order chi connectivity index (χ1) is 5.88. The molecule has 1 aromatic carbocycles. The topological polar surface area (TPSA) is 0 Å². The zero-order valence-corrected chi connectivity index (χ0v) is 7.09. The van der Waals surface area contributed by atoms with Crippen LogP contribution >= 0.6 is 0 Å². The van der Waals surface area contributed by atoms with E-state index in [1.54, 1.807) is 0 Å². The molecule has 0 radical (unpaired) electrons. The molecular formula is C12H12. The molecule has 0 saturated heterocycles. The molecule has 2 aliphatic rings. The van der Waals surface area contributed by atoms with E-state index in [4.69, 9.17) is 0 Å². The summed E-state index contributed by atoms with van der Waals surface area (Å²) in [6.07, 6.45) is 8.79. The lowest BCUT2D eigenvalue weighted by Gasteiger charge is -2.17.